The summed E-state index contributed by atoms with van der Waals surface area (Å²) in [6.45, 7) is 5.02. The number of aryl methyl sites for hydroxylation is 1. The van der Waals surface area contributed by atoms with E-state index >= 15 is 0 Å². The topological polar surface area (TPSA) is 64.3 Å². The number of hydrogen-bond acceptors (Lipinski definition) is 6. The lowest BCUT2D eigenvalue weighted by atomic mass is 10.1. The molecule has 0 saturated carbocycles. The lowest BCUT2D eigenvalue weighted by Gasteiger charge is -2.29. The molecule has 29 heavy (non-hydrogen) atoms. The number of benzene rings is 2. The number of morpholine rings is 1. The Kier molecular flexibility index (Phi) is 4.77. The van der Waals surface area contributed by atoms with E-state index < -0.39 is 0 Å². The Labute approximate surface area is 176 Å². The summed E-state index contributed by atoms with van der Waals surface area (Å²) in [5.74, 6) is 1.90. The van der Waals surface area contributed by atoms with Crippen LogP contribution in [-0.4, -0.2) is 41.4 Å². The van der Waals surface area contributed by atoms with E-state index in [0.717, 1.165) is 45.4 Å². The fourth-order valence-corrected chi connectivity index (χ4v) is 3.77. The van der Waals surface area contributed by atoms with E-state index in [1.165, 1.54) is 5.56 Å². The maximum absolute atomic E-state index is 5.58. The van der Waals surface area contributed by atoms with Crippen molar-refractivity contribution in [2.75, 3.05) is 31.2 Å². The van der Waals surface area contributed by atoms with Crippen LogP contribution in [0.3, 0.4) is 0 Å². The standard InChI is InChI=1S/C22H19BrN4O2/c1-14-2-7-19-16(12-14)13-18(21(24-19)27-8-10-28-11-9-27)20-25-22(29-26-20)15-3-5-17(23)6-4-15/h2-7,12-13H,8-11H2,1H3. The molecular weight excluding hydrogens is 432 g/mol. The molecule has 0 atom stereocenters. The smallest absolute Gasteiger partial charge is 0.258 e. The van der Waals surface area contributed by atoms with Gasteiger partial charge in [0, 0.05) is 28.5 Å². The molecule has 7 heteroatoms. The van der Waals surface area contributed by atoms with Crippen LogP contribution < -0.4 is 4.90 Å². The molecule has 6 nitrogen and oxygen atoms in total. The van der Waals surface area contributed by atoms with Crippen LogP contribution in [0.4, 0.5) is 5.82 Å². The van der Waals surface area contributed by atoms with Gasteiger partial charge in [-0.05, 0) is 49.4 Å². The molecule has 1 fully saturated rings. The van der Waals surface area contributed by atoms with Crippen LogP contribution in [0.2, 0.25) is 0 Å². The minimum Gasteiger partial charge on any atom is -0.378 e. The van der Waals surface area contributed by atoms with Crippen LogP contribution in [0, 0.1) is 6.92 Å². The van der Waals surface area contributed by atoms with Gasteiger partial charge in [0.05, 0.1) is 24.3 Å². The average Bonchev–Trinajstić information content (AvgIpc) is 3.24. The van der Waals surface area contributed by atoms with E-state index in [4.69, 9.17) is 14.2 Å². The number of halogens is 1. The van der Waals surface area contributed by atoms with Crippen molar-refractivity contribution in [3.63, 3.8) is 0 Å². The number of fused-ring (bicyclic) bond motifs is 1. The third kappa shape index (κ3) is 3.63. The van der Waals surface area contributed by atoms with Crippen molar-refractivity contribution in [1.82, 2.24) is 15.1 Å². The highest BCUT2D eigenvalue weighted by Crippen LogP contribution is 2.33. The molecule has 0 bridgehead atoms. The average molecular weight is 451 g/mol. The highest BCUT2D eigenvalue weighted by Gasteiger charge is 2.22. The molecule has 0 amide bonds. The first-order valence-corrected chi connectivity index (χ1v) is 10.3. The van der Waals surface area contributed by atoms with Crippen LogP contribution in [0.15, 0.2) is 57.5 Å². The van der Waals surface area contributed by atoms with E-state index in [1.54, 1.807) is 0 Å². The van der Waals surface area contributed by atoms with Crippen LogP contribution in [0.5, 0.6) is 0 Å². The predicted molar refractivity (Wildman–Crippen MR) is 116 cm³/mol. The van der Waals surface area contributed by atoms with E-state index in [9.17, 15) is 0 Å². The molecule has 0 radical (unpaired) electrons. The van der Waals surface area contributed by atoms with Crippen LogP contribution in [0.25, 0.3) is 33.7 Å². The molecule has 146 valence electrons. The lowest BCUT2D eigenvalue weighted by molar-refractivity contribution is 0.122. The number of aromatic nitrogens is 3. The molecule has 1 aliphatic heterocycles. The van der Waals surface area contributed by atoms with Gasteiger partial charge in [-0.15, -0.1) is 0 Å². The molecule has 5 rings (SSSR count). The zero-order valence-electron chi connectivity index (χ0n) is 15.9. The first kappa shape index (κ1) is 18.3. The SMILES string of the molecule is Cc1ccc2nc(N3CCOCC3)c(-c3noc(-c4ccc(Br)cc4)n3)cc2c1. The van der Waals surface area contributed by atoms with Crippen LogP contribution in [-0.2, 0) is 4.74 Å². The molecule has 3 heterocycles. The summed E-state index contributed by atoms with van der Waals surface area (Å²) in [4.78, 5) is 11.9. The quantitative estimate of drug-likeness (QED) is 0.444. The van der Waals surface area contributed by atoms with Gasteiger partial charge in [0.1, 0.15) is 5.82 Å². The Morgan fingerprint density at radius 2 is 1.76 bits per heavy atom. The van der Waals surface area contributed by atoms with Gasteiger partial charge < -0.3 is 14.2 Å². The fourth-order valence-electron chi connectivity index (χ4n) is 3.51. The van der Waals surface area contributed by atoms with Gasteiger partial charge in [0.2, 0.25) is 5.82 Å². The van der Waals surface area contributed by atoms with Crippen molar-refractivity contribution in [2.24, 2.45) is 0 Å². The summed E-state index contributed by atoms with van der Waals surface area (Å²) in [6, 6.07) is 16.2. The van der Waals surface area contributed by atoms with Gasteiger partial charge >= 0.3 is 0 Å². The second-order valence-electron chi connectivity index (χ2n) is 7.09. The molecule has 0 spiro atoms. The monoisotopic (exact) mass is 450 g/mol. The molecule has 0 aliphatic carbocycles. The minimum atomic E-state index is 0.491. The van der Waals surface area contributed by atoms with Gasteiger partial charge in [-0.3, -0.25) is 0 Å². The zero-order valence-corrected chi connectivity index (χ0v) is 17.5. The van der Waals surface area contributed by atoms with E-state index in [0.29, 0.717) is 24.9 Å². The fraction of sp³-hybridized carbons (Fsp3) is 0.227. The van der Waals surface area contributed by atoms with E-state index in [-0.39, 0.29) is 0 Å². The number of nitrogens with zero attached hydrogens (tertiary/aromatic N) is 4. The Morgan fingerprint density at radius 1 is 0.966 bits per heavy atom. The van der Waals surface area contributed by atoms with Crippen molar-refractivity contribution < 1.29 is 9.26 Å². The molecule has 1 aliphatic rings. The van der Waals surface area contributed by atoms with Gasteiger partial charge in [-0.2, -0.15) is 4.98 Å². The number of hydrogen-bond donors (Lipinski definition) is 0. The Hall–Kier alpha value is -2.77. The Balaban J connectivity index is 1.63. The molecule has 0 N–H and O–H groups in total. The number of ether oxygens (including phenoxy) is 1. The van der Waals surface area contributed by atoms with Crippen molar-refractivity contribution in [3.05, 3.63) is 58.6 Å². The molecule has 2 aromatic heterocycles. The molecule has 0 unspecified atom stereocenters. The number of anilines is 1. The lowest BCUT2D eigenvalue weighted by Crippen LogP contribution is -2.37. The van der Waals surface area contributed by atoms with E-state index in [2.05, 4.69) is 62.2 Å². The van der Waals surface area contributed by atoms with Crippen molar-refractivity contribution in [2.45, 2.75) is 6.92 Å². The third-order valence-electron chi connectivity index (χ3n) is 5.02. The summed E-state index contributed by atoms with van der Waals surface area (Å²) in [5.41, 5.74) is 3.90. The molecule has 1 saturated heterocycles. The normalized spacial score (nSPS) is 14.5. The summed E-state index contributed by atoms with van der Waals surface area (Å²) < 4.78 is 12.1. The van der Waals surface area contributed by atoms with Crippen LogP contribution in [0.1, 0.15) is 5.56 Å². The van der Waals surface area contributed by atoms with Gasteiger partial charge in [-0.1, -0.05) is 32.7 Å². The summed E-state index contributed by atoms with van der Waals surface area (Å²) in [7, 11) is 0. The van der Waals surface area contributed by atoms with Crippen LogP contribution >= 0.6 is 15.9 Å². The van der Waals surface area contributed by atoms with Crippen molar-refractivity contribution in [1.29, 1.82) is 0 Å². The second kappa shape index (κ2) is 7.57. The minimum absolute atomic E-state index is 0.491. The maximum atomic E-state index is 5.58. The molecule has 4 aromatic rings. The van der Waals surface area contributed by atoms with Gasteiger partial charge in [-0.25, -0.2) is 4.98 Å². The highest BCUT2D eigenvalue weighted by molar-refractivity contribution is 9.10. The molecular formula is C22H19BrN4O2. The number of pyridine rings is 1. The Morgan fingerprint density at radius 3 is 2.55 bits per heavy atom. The van der Waals surface area contributed by atoms with Gasteiger partial charge in [0.25, 0.3) is 5.89 Å². The second-order valence-corrected chi connectivity index (χ2v) is 8.00. The maximum Gasteiger partial charge on any atom is 0.258 e. The Bertz CT molecular complexity index is 1170. The largest absolute Gasteiger partial charge is 0.378 e. The van der Waals surface area contributed by atoms with Crippen molar-refractivity contribution in [3.8, 4) is 22.8 Å². The van der Waals surface area contributed by atoms with E-state index in [1.807, 2.05) is 24.3 Å². The summed E-state index contributed by atoms with van der Waals surface area (Å²) in [5, 5.41) is 5.34. The highest BCUT2D eigenvalue weighted by atomic mass is 79.9. The summed E-state index contributed by atoms with van der Waals surface area (Å²) in [6.07, 6.45) is 0. The predicted octanol–water partition coefficient (Wildman–Crippen LogP) is 4.86. The van der Waals surface area contributed by atoms with Gasteiger partial charge in [0.15, 0.2) is 0 Å². The molecule has 2 aromatic carbocycles. The first-order chi connectivity index (χ1) is 14.2. The van der Waals surface area contributed by atoms with Crippen molar-refractivity contribution >= 4 is 32.7 Å². The number of rotatable bonds is 3. The first-order valence-electron chi connectivity index (χ1n) is 9.51. The summed E-state index contributed by atoms with van der Waals surface area (Å²) >= 11 is 3.45. The third-order valence-corrected chi connectivity index (χ3v) is 5.55. The zero-order chi connectivity index (χ0) is 19.8.